The summed E-state index contributed by atoms with van der Waals surface area (Å²) in [5.41, 5.74) is 4.91. The summed E-state index contributed by atoms with van der Waals surface area (Å²) in [5.74, 6) is -0.167. The van der Waals surface area contributed by atoms with Crippen LogP contribution in [0.4, 0.5) is 10.3 Å². The zero-order valence-electron chi connectivity index (χ0n) is 11.2. The van der Waals surface area contributed by atoms with Crippen LogP contribution in [0, 0.1) is 0 Å². The standard InChI is InChI=1S/C11H16FN5O4/c1-5(3-18)21-8(6(12)4-19)7-2-14-9-10(20)15-11(13)16-17(7)9/h2,5-6,8,18-19H,3-4H2,1H3,(H3,13,15,16,20)/t5-,6+,8+/m0/s1. The van der Waals surface area contributed by atoms with Gasteiger partial charge in [-0.25, -0.2) is 13.9 Å². The summed E-state index contributed by atoms with van der Waals surface area (Å²) in [7, 11) is 0. The molecule has 0 unspecified atom stereocenters. The molecule has 0 aliphatic rings. The number of H-pyrrole nitrogens is 1. The highest BCUT2D eigenvalue weighted by Crippen LogP contribution is 2.25. The van der Waals surface area contributed by atoms with E-state index in [-0.39, 0.29) is 23.9 Å². The first kappa shape index (κ1) is 15.4. The van der Waals surface area contributed by atoms with Crippen LogP contribution in [0.25, 0.3) is 5.65 Å². The molecular weight excluding hydrogens is 285 g/mol. The van der Waals surface area contributed by atoms with E-state index in [2.05, 4.69) is 15.1 Å². The van der Waals surface area contributed by atoms with E-state index < -0.39 is 30.5 Å². The van der Waals surface area contributed by atoms with E-state index in [1.807, 2.05) is 0 Å². The number of aromatic amines is 1. The van der Waals surface area contributed by atoms with E-state index in [0.717, 1.165) is 4.52 Å². The topological polar surface area (TPSA) is 139 Å². The number of aliphatic hydroxyl groups is 2. The normalized spacial score (nSPS) is 16.0. The third kappa shape index (κ3) is 3.01. The quantitative estimate of drug-likeness (QED) is 0.524. The average Bonchev–Trinajstić information content (AvgIpc) is 2.87. The monoisotopic (exact) mass is 301 g/mol. The second-order valence-corrected chi connectivity index (χ2v) is 4.51. The highest BCUT2D eigenvalue weighted by Gasteiger charge is 2.29. The third-order valence-corrected chi connectivity index (χ3v) is 2.85. The van der Waals surface area contributed by atoms with E-state index in [0.29, 0.717) is 0 Å². The molecule has 0 radical (unpaired) electrons. The van der Waals surface area contributed by atoms with Crippen molar-refractivity contribution < 1.29 is 19.3 Å². The van der Waals surface area contributed by atoms with Crippen molar-refractivity contribution in [3.05, 3.63) is 22.2 Å². The van der Waals surface area contributed by atoms with Gasteiger partial charge in [-0.1, -0.05) is 0 Å². The van der Waals surface area contributed by atoms with Crippen LogP contribution in [0.3, 0.4) is 0 Å². The summed E-state index contributed by atoms with van der Waals surface area (Å²) in [6, 6.07) is 0. The molecule has 0 aromatic carbocycles. The maximum Gasteiger partial charge on any atom is 0.295 e. The second-order valence-electron chi connectivity index (χ2n) is 4.51. The molecule has 2 heterocycles. The van der Waals surface area contributed by atoms with Crippen LogP contribution < -0.4 is 11.3 Å². The number of rotatable bonds is 6. The van der Waals surface area contributed by atoms with Gasteiger partial charge < -0.3 is 20.7 Å². The predicted octanol–water partition coefficient (Wildman–Crippen LogP) is -1.23. The molecule has 2 aromatic heterocycles. The lowest BCUT2D eigenvalue weighted by atomic mass is 10.1. The number of aliphatic hydroxyl groups excluding tert-OH is 2. The minimum Gasteiger partial charge on any atom is -0.394 e. The van der Waals surface area contributed by atoms with Gasteiger partial charge in [-0.15, -0.1) is 5.10 Å². The molecule has 0 bridgehead atoms. The van der Waals surface area contributed by atoms with Gasteiger partial charge in [-0.05, 0) is 6.92 Å². The van der Waals surface area contributed by atoms with Gasteiger partial charge in [0.25, 0.3) is 5.56 Å². The number of nitrogens with two attached hydrogens (primary N) is 1. The molecule has 2 rings (SSSR count). The predicted molar refractivity (Wildman–Crippen MR) is 70.4 cm³/mol. The first-order chi connectivity index (χ1) is 9.97. The SMILES string of the molecule is C[C@@H](CO)O[C@@H](c1cnc2c(=O)[nH]c(N)nn12)[C@H](F)CO. The number of fused-ring (bicyclic) bond motifs is 1. The molecule has 9 nitrogen and oxygen atoms in total. The molecule has 10 heteroatoms. The number of ether oxygens (including phenoxy) is 1. The number of aromatic nitrogens is 4. The lowest BCUT2D eigenvalue weighted by molar-refractivity contribution is -0.0782. The fourth-order valence-electron chi connectivity index (χ4n) is 1.85. The van der Waals surface area contributed by atoms with Crippen molar-refractivity contribution in [2.45, 2.75) is 25.3 Å². The number of hydrogen-bond acceptors (Lipinski definition) is 7. The highest BCUT2D eigenvalue weighted by atomic mass is 19.1. The van der Waals surface area contributed by atoms with Crippen molar-refractivity contribution >= 4 is 11.6 Å². The van der Waals surface area contributed by atoms with E-state index in [1.54, 1.807) is 0 Å². The van der Waals surface area contributed by atoms with Gasteiger partial charge in [0.1, 0.15) is 6.10 Å². The number of nitrogen functional groups attached to an aromatic ring is 1. The summed E-state index contributed by atoms with van der Waals surface area (Å²) in [5, 5.41) is 21.9. The molecule has 0 fully saturated rings. The lowest BCUT2D eigenvalue weighted by Gasteiger charge is -2.22. The van der Waals surface area contributed by atoms with Crippen LogP contribution in [0.15, 0.2) is 11.0 Å². The first-order valence-electron chi connectivity index (χ1n) is 6.22. The molecule has 0 aliphatic heterocycles. The maximum atomic E-state index is 13.9. The smallest absolute Gasteiger partial charge is 0.295 e. The van der Waals surface area contributed by atoms with Crippen LogP contribution in [0.5, 0.6) is 0 Å². The molecule has 0 aliphatic carbocycles. The van der Waals surface area contributed by atoms with Crippen molar-refractivity contribution in [2.75, 3.05) is 18.9 Å². The summed E-state index contributed by atoms with van der Waals surface area (Å²) >= 11 is 0. The minimum absolute atomic E-state index is 0.0745. The van der Waals surface area contributed by atoms with Crippen molar-refractivity contribution in [3.63, 3.8) is 0 Å². The number of imidazole rings is 1. The van der Waals surface area contributed by atoms with Gasteiger partial charge in [-0.2, -0.15) is 0 Å². The molecule has 0 saturated carbocycles. The Hall–Kier alpha value is -2.04. The van der Waals surface area contributed by atoms with E-state index in [1.165, 1.54) is 13.1 Å². The van der Waals surface area contributed by atoms with Gasteiger partial charge >= 0.3 is 0 Å². The van der Waals surface area contributed by atoms with Gasteiger partial charge in [0.05, 0.1) is 31.2 Å². The van der Waals surface area contributed by atoms with Gasteiger partial charge in [0.15, 0.2) is 6.17 Å². The Morgan fingerprint density at radius 3 is 2.86 bits per heavy atom. The summed E-state index contributed by atoms with van der Waals surface area (Å²) in [6.07, 6.45) is -2.49. The van der Waals surface area contributed by atoms with Crippen molar-refractivity contribution in [3.8, 4) is 0 Å². The van der Waals surface area contributed by atoms with Gasteiger partial charge in [0, 0.05) is 0 Å². The van der Waals surface area contributed by atoms with Crippen molar-refractivity contribution in [1.82, 2.24) is 19.6 Å². The number of anilines is 1. The Morgan fingerprint density at radius 2 is 2.24 bits per heavy atom. The van der Waals surface area contributed by atoms with Crippen molar-refractivity contribution in [2.24, 2.45) is 0 Å². The molecule has 21 heavy (non-hydrogen) atoms. The molecular formula is C11H16FN5O4. The number of alkyl halides is 1. The summed E-state index contributed by atoms with van der Waals surface area (Å²) < 4.78 is 20.3. The number of hydrogen-bond donors (Lipinski definition) is 4. The molecule has 116 valence electrons. The molecule has 3 atom stereocenters. The van der Waals surface area contributed by atoms with Gasteiger partial charge in [0.2, 0.25) is 11.6 Å². The van der Waals surface area contributed by atoms with E-state index >= 15 is 0 Å². The molecule has 2 aromatic rings. The minimum atomic E-state index is -1.78. The third-order valence-electron chi connectivity index (χ3n) is 2.85. The van der Waals surface area contributed by atoms with Crippen LogP contribution in [-0.2, 0) is 4.74 Å². The van der Waals surface area contributed by atoms with Crippen LogP contribution >= 0.6 is 0 Å². The Bertz CT molecular complexity index is 672. The van der Waals surface area contributed by atoms with Crippen LogP contribution in [0.2, 0.25) is 0 Å². The van der Waals surface area contributed by atoms with Crippen LogP contribution in [-0.4, -0.2) is 55.3 Å². The Kier molecular flexibility index (Phi) is 4.50. The molecule has 0 spiro atoms. The average molecular weight is 301 g/mol. The molecule has 0 saturated heterocycles. The zero-order chi connectivity index (χ0) is 15.6. The molecule has 5 N–H and O–H groups in total. The number of nitrogens with one attached hydrogen (secondary N) is 1. The Labute approximate surface area is 118 Å². The first-order valence-corrected chi connectivity index (χ1v) is 6.22. The fraction of sp³-hybridized carbons (Fsp3) is 0.545. The lowest BCUT2D eigenvalue weighted by Crippen LogP contribution is -2.28. The zero-order valence-corrected chi connectivity index (χ0v) is 11.2. The Balaban J connectivity index is 2.51. The van der Waals surface area contributed by atoms with E-state index in [4.69, 9.17) is 20.7 Å². The second kappa shape index (κ2) is 6.16. The maximum absolute atomic E-state index is 13.9. The summed E-state index contributed by atoms with van der Waals surface area (Å²) in [4.78, 5) is 17.8. The summed E-state index contributed by atoms with van der Waals surface area (Å²) in [6.45, 7) is 0.408. The Morgan fingerprint density at radius 1 is 1.52 bits per heavy atom. The van der Waals surface area contributed by atoms with E-state index in [9.17, 15) is 9.18 Å². The van der Waals surface area contributed by atoms with Gasteiger partial charge in [-0.3, -0.25) is 9.78 Å². The highest BCUT2D eigenvalue weighted by molar-refractivity contribution is 5.38. The van der Waals surface area contributed by atoms with Crippen LogP contribution in [0.1, 0.15) is 18.7 Å². The largest absolute Gasteiger partial charge is 0.394 e. The fourth-order valence-corrected chi connectivity index (χ4v) is 1.85. The number of nitrogens with zero attached hydrogens (tertiary/aromatic N) is 3. The number of halogens is 1. The van der Waals surface area contributed by atoms with Crippen molar-refractivity contribution in [1.29, 1.82) is 0 Å². The molecule has 0 amide bonds.